The Balaban J connectivity index is 1.47. The van der Waals surface area contributed by atoms with E-state index in [1.54, 1.807) is 13.2 Å². The van der Waals surface area contributed by atoms with Gasteiger partial charge in [0.2, 0.25) is 5.82 Å². The van der Waals surface area contributed by atoms with Gasteiger partial charge in [0.1, 0.15) is 11.5 Å². The number of carbonyl (C=O) groups excluding carboxylic acids is 1. The molecule has 1 fully saturated rings. The highest BCUT2D eigenvalue weighted by Crippen LogP contribution is 2.26. The maximum absolute atomic E-state index is 12.1. The lowest BCUT2D eigenvalue weighted by atomic mass is 10.2. The lowest BCUT2D eigenvalue weighted by Crippen LogP contribution is -2.32. The summed E-state index contributed by atoms with van der Waals surface area (Å²) in [6.07, 6.45) is 2.13. The van der Waals surface area contributed by atoms with Crippen LogP contribution in [0.15, 0.2) is 53.1 Å². The zero-order valence-electron chi connectivity index (χ0n) is 15.6. The fourth-order valence-corrected chi connectivity index (χ4v) is 3.14. The lowest BCUT2D eigenvalue weighted by Gasteiger charge is -2.15. The maximum atomic E-state index is 12.1. The zero-order valence-corrected chi connectivity index (χ0v) is 15.6. The molecular formula is C21H21N3O4. The third kappa shape index (κ3) is 3.98. The van der Waals surface area contributed by atoms with Gasteiger partial charge < -0.3 is 18.9 Å². The molecule has 0 spiro atoms. The first-order valence-corrected chi connectivity index (χ1v) is 9.22. The molecule has 1 aromatic heterocycles. The fourth-order valence-electron chi connectivity index (χ4n) is 3.14. The van der Waals surface area contributed by atoms with Crippen LogP contribution >= 0.6 is 0 Å². The molecule has 0 radical (unpaired) electrons. The SMILES string of the molecule is COc1cccc(-c2nc(-c3cccc(OCC(=O)N4CCCC4)c3)no2)c1. The molecular weight excluding hydrogens is 358 g/mol. The summed E-state index contributed by atoms with van der Waals surface area (Å²) >= 11 is 0. The monoisotopic (exact) mass is 379 g/mol. The quantitative estimate of drug-likeness (QED) is 0.653. The van der Waals surface area contributed by atoms with Crippen LogP contribution < -0.4 is 9.47 Å². The Kier molecular flexibility index (Phi) is 5.23. The molecule has 0 aliphatic carbocycles. The summed E-state index contributed by atoms with van der Waals surface area (Å²) in [5.41, 5.74) is 1.53. The molecule has 1 aliphatic rings. The number of rotatable bonds is 6. The van der Waals surface area contributed by atoms with Crippen molar-refractivity contribution in [2.45, 2.75) is 12.8 Å². The van der Waals surface area contributed by atoms with Gasteiger partial charge in [-0.1, -0.05) is 23.4 Å². The van der Waals surface area contributed by atoms with Gasteiger partial charge in [0.25, 0.3) is 11.8 Å². The van der Waals surface area contributed by atoms with Crippen molar-refractivity contribution in [1.82, 2.24) is 15.0 Å². The number of aromatic nitrogens is 2. The van der Waals surface area contributed by atoms with Crippen molar-refractivity contribution in [3.8, 4) is 34.3 Å². The van der Waals surface area contributed by atoms with Crippen LogP contribution in [-0.4, -0.2) is 47.8 Å². The summed E-state index contributed by atoms with van der Waals surface area (Å²) in [6, 6.07) is 14.8. The highest BCUT2D eigenvalue weighted by Gasteiger charge is 2.18. The molecule has 7 heteroatoms. The smallest absolute Gasteiger partial charge is 0.260 e. The molecule has 3 aromatic rings. The Hall–Kier alpha value is -3.35. The average Bonchev–Trinajstić information content (AvgIpc) is 3.44. The number of benzene rings is 2. The largest absolute Gasteiger partial charge is 0.497 e. The van der Waals surface area contributed by atoms with Crippen molar-refractivity contribution in [1.29, 1.82) is 0 Å². The first kappa shape index (κ1) is 18.0. The van der Waals surface area contributed by atoms with Crippen LogP contribution in [-0.2, 0) is 4.79 Å². The number of hydrogen-bond donors (Lipinski definition) is 0. The van der Waals surface area contributed by atoms with E-state index in [4.69, 9.17) is 14.0 Å². The Labute approximate surface area is 162 Å². The number of nitrogens with zero attached hydrogens (tertiary/aromatic N) is 3. The van der Waals surface area contributed by atoms with Gasteiger partial charge in [0, 0.05) is 24.2 Å². The third-order valence-corrected chi connectivity index (χ3v) is 4.66. The number of hydrogen-bond acceptors (Lipinski definition) is 6. The Morgan fingerprint density at radius 3 is 2.57 bits per heavy atom. The van der Waals surface area contributed by atoms with E-state index in [2.05, 4.69) is 10.1 Å². The molecule has 0 saturated carbocycles. The van der Waals surface area contributed by atoms with E-state index >= 15 is 0 Å². The first-order chi connectivity index (χ1) is 13.7. The van der Waals surface area contributed by atoms with Gasteiger partial charge in [-0.15, -0.1) is 0 Å². The summed E-state index contributed by atoms with van der Waals surface area (Å²) < 4.78 is 16.3. The Morgan fingerprint density at radius 1 is 1.07 bits per heavy atom. The van der Waals surface area contributed by atoms with Gasteiger partial charge in [-0.3, -0.25) is 4.79 Å². The molecule has 1 aliphatic heterocycles. The number of amides is 1. The molecule has 0 N–H and O–H groups in total. The van der Waals surface area contributed by atoms with E-state index in [9.17, 15) is 4.79 Å². The van der Waals surface area contributed by atoms with Crippen molar-refractivity contribution in [3.63, 3.8) is 0 Å². The fraction of sp³-hybridized carbons (Fsp3) is 0.286. The molecule has 7 nitrogen and oxygen atoms in total. The molecule has 0 atom stereocenters. The standard InChI is InChI=1S/C21H21N3O4/c1-26-17-8-5-7-16(13-17)21-22-20(23-28-21)15-6-4-9-18(12-15)27-14-19(25)24-10-2-3-11-24/h4-9,12-13H,2-3,10-11,14H2,1H3. The minimum atomic E-state index is 0.0165. The van der Waals surface area contributed by atoms with Crippen molar-refractivity contribution in [2.24, 2.45) is 0 Å². The topological polar surface area (TPSA) is 77.7 Å². The highest BCUT2D eigenvalue weighted by molar-refractivity contribution is 5.78. The third-order valence-electron chi connectivity index (χ3n) is 4.66. The molecule has 2 aromatic carbocycles. The number of methoxy groups -OCH3 is 1. The Bertz CT molecular complexity index is 964. The van der Waals surface area contributed by atoms with Gasteiger partial charge in [0.15, 0.2) is 6.61 Å². The molecule has 0 bridgehead atoms. The second-order valence-electron chi connectivity index (χ2n) is 6.56. The second-order valence-corrected chi connectivity index (χ2v) is 6.56. The van der Waals surface area contributed by atoms with Crippen LogP contribution in [0.1, 0.15) is 12.8 Å². The normalized spacial score (nSPS) is 13.5. The van der Waals surface area contributed by atoms with E-state index in [1.165, 1.54) is 0 Å². The lowest BCUT2D eigenvalue weighted by molar-refractivity contribution is -0.132. The summed E-state index contributed by atoms with van der Waals surface area (Å²) in [4.78, 5) is 18.4. The summed E-state index contributed by atoms with van der Waals surface area (Å²) in [5, 5.41) is 4.06. The van der Waals surface area contributed by atoms with Gasteiger partial charge in [-0.2, -0.15) is 4.98 Å². The van der Waals surface area contributed by atoms with Crippen LogP contribution in [0.5, 0.6) is 11.5 Å². The van der Waals surface area contributed by atoms with Crippen molar-refractivity contribution in [3.05, 3.63) is 48.5 Å². The molecule has 2 heterocycles. The number of likely N-dealkylation sites (tertiary alicyclic amines) is 1. The van der Waals surface area contributed by atoms with Gasteiger partial charge in [-0.05, 0) is 43.2 Å². The molecule has 4 rings (SSSR count). The Morgan fingerprint density at radius 2 is 1.79 bits per heavy atom. The minimum Gasteiger partial charge on any atom is -0.497 e. The summed E-state index contributed by atoms with van der Waals surface area (Å²) in [5.74, 6) is 2.19. The van der Waals surface area contributed by atoms with E-state index in [1.807, 2.05) is 47.4 Å². The molecule has 1 saturated heterocycles. The van der Waals surface area contributed by atoms with Crippen LogP contribution in [0.4, 0.5) is 0 Å². The van der Waals surface area contributed by atoms with E-state index in [0.717, 1.165) is 42.8 Å². The predicted octanol–water partition coefficient (Wildman–Crippen LogP) is 3.41. The maximum Gasteiger partial charge on any atom is 0.260 e. The molecule has 144 valence electrons. The summed E-state index contributed by atoms with van der Waals surface area (Å²) in [7, 11) is 1.61. The average molecular weight is 379 g/mol. The number of carbonyl (C=O) groups is 1. The zero-order chi connectivity index (χ0) is 19.3. The van der Waals surface area contributed by atoms with Crippen LogP contribution in [0.2, 0.25) is 0 Å². The number of ether oxygens (including phenoxy) is 2. The van der Waals surface area contributed by atoms with Crippen molar-refractivity contribution >= 4 is 5.91 Å². The van der Waals surface area contributed by atoms with Crippen molar-refractivity contribution in [2.75, 3.05) is 26.8 Å². The minimum absolute atomic E-state index is 0.0165. The van der Waals surface area contributed by atoms with Gasteiger partial charge >= 0.3 is 0 Å². The molecule has 28 heavy (non-hydrogen) atoms. The van der Waals surface area contributed by atoms with Crippen LogP contribution in [0.25, 0.3) is 22.8 Å². The van der Waals surface area contributed by atoms with Crippen molar-refractivity contribution < 1.29 is 18.8 Å². The first-order valence-electron chi connectivity index (χ1n) is 9.22. The van der Waals surface area contributed by atoms with Crippen LogP contribution in [0.3, 0.4) is 0 Å². The van der Waals surface area contributed by atoms with Gasteiger partial charge in [-0.25, -0.2) is 0 Å². The molecule has 1 amide bonds. The van der Waals surface area contributed by atoms with E-state index in [0.29, 0.717) is 17.5 Å². The highest BCUT2D eigenvalue weighted by atomic mass is 16.5. The van der Waals surface area contributed by atoms with E-state index in [-0.39, 0.29) is 12.5 Å². The summed E-state index contributed by atoms with van der Waals surface area (Å²) in [6.45, 7) is 1.67. The van der Waals surface area contributed by atoms with Crippen LogP contribution in [0, 0.1) is 0 Å². The predicted molar refractivity (Wildman–Crippen MR) is 103 cm³/mol. The molecule has 0 unspecified atom stereocenters. The van der Waals surface area contributed by atoms with E-state index < -0.39 is 0 Å². The van der Waals surface area contributed by atoms with Gasteiger partial charge in [0.05, 0.1) is 7.11 Å². The second kappa shape index (κ2) is 8.12.